The maximum Gasteiger partial charge on any atom is 0.0379 e. The number of nitrogens with zero attached hydrogens (tertiary/aromatic N) is 1. The molecule has 0 saturated carbocycles. The molecule has 1 nitrogen and oxygen atoms in total. The minimum absolute atomic E-state index is 0.684. The van der Waals surface area contributed by atoms with Crippen LogP contribution < -0.4 is 0 Å². The molecule has 0 aromatic heterocycles. The Morgan fingerprint density at radius 1 is 1.42 bits per heavy atom. The van der Waals surface area contributed by atoms with Crippen LogP contribution in [-0.2, 0) is 0 Å². The van der Waals surface area contributed by atoms with Crippen LogP contribution in [0, 0.1) is 0 Å². The molecule has 1 saturated heterocycles. The molecule has 0 aromatic rings. The second-order valence-electron chi connectivity index (χ2n) is 3.69. The van der Waals surface area contributed by atoms with Crippen LogP contribution in [0.5, 0.6) is 0 Å². The lowest BCUT2D eigenvalue weighted by molar-refractivity contribution is 0.265. The van der Waals surface area contributed by atoms with Gasteiger partial charge >= 0.3 is 0 Å². The zero-order valence-corrected chi connectivity index (χ0v) is 8.82. The normalized spacial score (nSPS) is 25.0. The molecule has 72 valence electrons. The van der Waals surface area contributed by atoms with Gasteiger partial charge in [-0.15, -0.1) is 11.6 Å². The summed E-state index contributed by atoms with van der Waals surface area (Å²) in [6.45, 7) is 4.80. The number of alkyl halides is 1. The van der Waals surface area contributed by atoms with Crippen molar-refractivity contribution in [3.05, 3.63) is 0 Å². The van der Waals surface area contributed by atoms with Crippen molar-refractivity contribution in [1.82, 2.24) is 4.90 Å². The van der Waals surface area contributed by atoms with Gasteiger partial charge in [0.25, 0.3) is 0 Å². The fourth-order valence-electron chi connectivity index (χ4n) is 1.93. The van der Waals surface area contributed by atoms with E-state index < -0.39 is 0 Å². The second-order valence-corrected chi connectivity index (χ2v) is 4.00. The minimum Gasteiger partial charge on any atom is -0.299 e. The molecule has 1 aliphatic rings. The highest BCUT2D eigenvalue weighted by molar-refractivity contribution is 6.18. The molecule has 1 atom stereocenters. The first-order chi connectivity index (χ1) is 5.88. The topological polar surface area (TPSA) is 3.24 Å². The van der Waals surface area contributed by atoms with Crippen LogP contribution in [0.4, 0.5) is 0 Å². The van der Waals surface area contributed by atoms with Crippen LogP contribution in [0.25, 0.3) is 0 Å². The summed E-state index contributed by atoms with van der Waals surface area (Å²) in [5, 5.41) is 0. The molecule has 1 aliphatic heterocycles. The number of hydrogen-bond acceptors (Lipinski definition) is 1. The van der Waals surface area contributed by atoms with Crippen molar-refractivity contribution in [2.45, 2.75) is 45.1 Å². The van der Waals surface area contributed by atoms with Crippen molar-refractivity contribution in [2.24, 2.45) is 0 Å². The summed E-state index contributed by atoms with van der Waals surface area (Å²) >= 11 is 5.87. The van der Waals surface area contributed by atoms with Gasteiger partial charge in [-0.05, 0) is 32.4 Å². The van der Waals surface area contributed by atoms with E-state index in [0.29, 0.717) is 6.04 Å². The molecule has 1 heterocycles. The van der Waals surface area contributed by atoms with E-state index >= 15 is 0 Å². The van der Waals surface area contributed by atoms with Crippen LogP contribution in [-0.4, -0.2) is 29.9 Å². The predicted molar refractivity (Wildman–Crippen MR) is 54.8 cm³/mol. The highest BCUT2D eigenvalue weighted by Crippen LogP contribution is 2.18. The average Bonchev–Trinajstić information content (AvgIpc) is 2.52. The summed E-state index contributed by atoms with van der Waals surface area (Å²) in [6.07, 6.45) is 6.70. The van der Waals surface area contributed by atoms with Crippen LogP contribution in [0.1, 0.15) is 39.0 Å². The van der Waals surface area contributed by atoms with E-state index in [2.05, 4.69) is 11.8 Å². The summed E-state index contributed by atoms with van der Waals surface area (Å²) < 4.78 is 0. The lowest BCUT2D eigenvalue weighted by Crippen LogP contribution is -2.31. The summed E-state index contributed by atoms with van der Waals surface area (Å²) in [6, 6.07) is 0.684. The van der Waals surface area contributed by atoms with E-state index in [4.69, 9.17) is 11.6 Å². The van der Waals surface area contributed by atoms with Gasteiger partial charge < -0.3 is 0 Å². The van der Waals surface area contributed by atoms with Gasteiger partial charge in [0, 0.05) is 11.9 Å². The minimum atomic E-state index is 0.684. The monoisotopic (exact) mass is 189 g/mol. The quantitative estimate of drug-likeness (QED) is 0.475. The van der Waals surface area contributed by atoms with Crippen LogP contribution in [0.15, 0.2) is 0 Å². The number of halogens is 1. The smallest absolute Gasteiger partial charge is 0.0379 e. The first-order valence-electron chi connectivity index (χ1n) is 5.18. The Kier molecular flexibility index (Phi) is 5.01. The Labute approximate surface area is 81.1 Å². The second kappa shape index (κ2) is 5.82. The fourth-order valence-corrected chi connectivity index (χ4v) is 2.28. The molecule has 0 radical (unpaired) electrons. The highest BCUT2D eigenvalue weighted by atomic mass is 35.5. The maximum atomic E-state index is 5.87. The molecular formula is C10H20ClN. The molecule has 0 N–H and O–H groups in total. The van der Waals surface area contributed by atoms with Crippen molar-refractivity contribution >= 4 is 11.6 Å². The third-order valence-corrected chi connectivity index (χ3v) is 3.08. The molecule has 2 heteroatoms. The molecule has 0 bridgehead atoms. The van der Waals surface area contributed by atoms with E-state index in [9.17, 15) is 0 Å². The van der Waals surface area contributed by atoms with Gasteiger partial charge in [-0.3, -0.25) is 4.90 Å². The van der Waals surface area contributed by atoms with Crippen molar-refractivity contribution in [3.8, 4) is 0 Å². The number of likely N-dealkylation sites (tertiary alicyclic amines) is 1. The summed E-state index contributed by atoms with van der Waals surface area (Å²) in [5.74, 6) is 0.826. The van der Waals surface area contributed by atoms with E-state index in [1.807, 2.05) is 0 Å². The molecule has 1 unspecified atom stereocenters. The largest absolute Gasteiger partial charge is 0.299 e. The third kappa shape index (κ3) is 2.95. The zero-order valence-electron chi connectivity index (χ0n) is 8.06. The van der Waals surface area contributed by atoms with E-state index in [-0.39, 0.29) is 0 Å². The van der Waals surface area contributed by atoms with Crippen molar-refractivity contribution < 1.29 is 0 Å². The summed E-state index contributed by atoms with van der Waals surface area (Å²) in [4.78, 5) is 2.56. The maximum absolute atomic E-state index is 5.87. The molecule has 0 aromatic carbocycles. The Hall–Kier alpha value is 0.250. The van der Waals surface area contributed by atoms with E-state index in [0.717, 1.165) is 5.88 Å². The first-order valence-corrected chi connectivity index (χ1v) is 5.72. The van der Waals surface area contributed by atoms with Gasteiger partial charge in [0.05, 0.1) is 0 Å². The van der Waals surface area contributed by atoms with Crippen LogP contribution >= 0.6 is 11.6 Å². The molecule has 1 fully saturated rings. The fraction of sp³-hybridized carbons (Fsp3) is 1.00. The van der Waals surface area contributed by atoms with Crippen LogP contribution in [0.3, 0.4) is 0 Å². The van der Waals surface area contributed by atoms with Gasteiger partial charge in [-0.25, -0.2) is 0 Å². The van der Waals surface area contributed by atoms with Gasteiger partial charge in [0.2, 0.25) is 0 Å². The first kappa shape index (κ1) is 10.3. The van der Waals surface area contributed by atoms with Gasteiger partial charge in [-0.1, -0.05) is 19.8 Å². The van der Waals surface area contributed by atoms with Crippen molar-refractivity contribution in [3.63, 3.8) is 0 Å². The number of rotatable bonds is 5. The molecular weight excluding hydrogens is 170 g/mol. The average molecular weight is 190 g/mol. The van der Waals surface area contributed by atoms with Gasteiger partial charge in [-0.2, -0.15) is 0 Å². The standard InChI is InChI=1S/C10H20ClN/c1-2-3-4-7-12-8-5-6-10(12)9-11/h10H,2-9H2,1H3. The SMILES string of the molecule is CCCCCN1CCCC1CCl. The third-order valence-electron chi connectivity index (χ3n) is 2.73. The number of hydrogen-bond donors (Lipinski definition) is 0. The predicted octanol–water partition coefficient (Wildman–Crippen LogP) is 2.88. The van der Waals surface area contributed by atoms with Gasteiger partial charge in [0.1, 0.15) is 0 Å². The Morgan fingerprint density at radius 2 is 2.25 bits per heavy atom. The van der Waals surface area contributed by atoms with Crippen molar-refractivity contribution in [1.29, 1.82) is 0 Å². The Morgan fingerprint density at radius 3 is 2.92 bits per heavy atom. The summed E-state index contributed by atoms with van der Waals surface area (Å²) in [5.41, 5.74) is 0. The lowest BCUT2D eigenvalue weighted by atomic mass is 10.2. The number of unbranched alkanes of at least 4 members (excludes halogenated alkanes) is 2. The van der Waals surface area contributed by atoms with E-state index in [1.54, 1.807) is 0 Å². The molecule has 0 spiro atoms. The molecule has 12 heavy (non-hydrogen) atoms. The van der Waals surface area contributed by atoms with Crippen LogP contribution in [0.2, 0.25) is 0 Å². The van der Waals surface area contributed by atoms with Crippen molar-refractivity contribution in [2.75, 3.05) is 19.0 Å². The lowest BCUT2D eigenvalue weighted by Gasteiger charge is -2.21. The highest BCUT2D eigenvalue weighted by Gasteiger charge is 2.22. The zero-order chi connectivity index (χ0) is 8.81. The Bertz CT molecular complexity index is 116. The van der Waals surface area contributed by atoms with E-state index in [1.165, 1.54) is 45.2 Å². The molecule has 0 amide bonds. The Balaban J connectivity index is 2.12. The molecule has 1 rings (SSSR count). The summed E-state index contributed by atoms with van der Waals surface area (Å²) in [7, 11) is 0. The van der Waals surface area contributed by atoms with Gasteiger partial charge in [0.15, 0.2) is 0 Å². The molecule has 0 aliphatic carbocycles.